The molecule has 0 atom stereocenters. The summed E-state index contributed by atoms with van der Waals surface area (Å²) < 4.78 is 0. The lowest BCUT2D eigenvalue weighted by molar-refractivity contribution is -0.120. The van der Waals surface area contributed by atoms with E-state index < -0.39 is 0 Å². The second kappa shape index (κ2) is 9.88. The molecule has 0 unspecified atom stereocenters. The minimum absolute atomic E-state index is 0.0825. The number of nitrogens with zero attached hydrogens (tertiary/aromatic N) is 5. The highest BCUT2D eigenvalue weighted by molar-refractivity contribution is 5.94. The molecule has 1 aromatic heterocycles. The van der Waals surface area contributed by atoms with Gasteiger partial charge in [0.25, 0.3) is 0 Å². The second-order valence-electron chi connectivity index (χ2n) is 7.55. The van der Waals surface area contributed by atoms with Crippen LogP contribution < -0.4 is 9.80 Å². The maximum Gasteiger partial charge on any atom is 0.241 e. The summed E-state index contributed by atoms with van der Waals surface area (Å²) in [5, 5.41) is 9.33. The van der Waals surface area contributed by atoms with Crippen LogP contribution in [0.2, 0.25) is 0 Å². The van der Waals surface area contributed by atoms with E-state index >= 15 is 0 Å². The molecule has 2 aromatic carbocycles. The maximum absolute atomic E-state index is 13.3. The van der Waals surface area contributed by atoms with Gasteiger partial charge in [0.15, 0.2) is 0 Å². The summed E-state index contributed by atoms with van der Waals surface area (Å²) in [6, 6.07) is 25.7. The first-order chi connectivity index (χ1) is 15.2. The van der Waals surface area contributed by atoms with Crippen LogP contribution in [-0.2, 0) is 11.3 Å². The van der Waals surface area contributed by atoms with Gasteiger partial charge in [-0.2, -0.15) is 5.26 Å². The fourth-order valence-corrected chi connectivity index (χ4v) is 3.83. The highest BCUT2D eigenvalue weighted by Gasteiger charge is 2.24. The fourth-order valence-electron chi connectivity index (χ4n) is 3.83. The number of anilines is 2. The zero-order valence-corrected chi connectivity index (χ0v) is 17.4. The smallest absolute Gasteiger partial charge is 0.241 e. The van der Waals surface area contributed by atoms with Crippen molar-refractivity contribution in [1.29, 1.82) is 5.26 Å². The number of pyridine rings is 1. The van der Waals surface area contributed by atoms with Crippen molar-refractivity contribution in [3.63, 3.8) is 0 Å². The van der Waals surface area contributed by atoms with Crippen molar-refractivity contribution < 1.29 is 4.79 Å². The molecule has 1 saturated heterocycles. The van der Waals surface area contributed by atoms with Crippen LogP contribution in [0.3, 0.4) is 0 Å². The van der Waals surface area contributed by atoms with E-state index in [0.717, 1.165) is 43.2 Å². The standard InChI is InChI=1S/C25H25N5O/c26-18-22-10-7-13-27-25(22)29-16-14-28(15-17-29)20-24(31)30(23-11-5-2-6-12-23)19-21-8-3-1-4-9-21/h1-13H,14-17,19-20H2. The summed E-state index contributed by atoms with van der Waals surface area (Å²) in [7, 11) is 0. The van der Waals surface area contributed by atoms with Crippen LogP contribution in [0, 0.1) is 11.3 Å². The first kappa shape index (κ1) is 20.6. The van der Waals surface area contributed by atoms with Crippen LogP contribution in [0.1, 0.15) is 11.1 Å². The number of para-hydroxylation sites is 1. The number of hydrogen-bond acceptors (Lipinski definition) is 5. The highest BCUT2D eigenvalue weighted by atomic mass is 16.2. The molecule has 0 radical (unpaired) electrons. The molecule has 0 saturated carbocycles. The molecule has 156 valence electrons. The molecule has 6 nitrogen and oxygen atoms in total. The highest BCUT2D eigenvalue weighted by Crippen LogP contribution is 2.20. The average molecular weight is 412 g/mol. The number of benzene rings is 2. The second-order valence-corrected chi connectivity index (χ2v) is 7.55. The lowest BCUT2D eigenvalue weighted by atomic mass is 10.2. The van der Waals surface area contributed by atoms with Crippen LogP contribution in [0.25, 0.3) is 0 Å². The van der Waals surface area contributed by atoms with Gasteiger partial charge in [-0.3, -0.25) is 9.69 Å². The number of aromatic nitrogens is 1. The maximum atomic E-state index is 13.3. The third kappa shape index (κ3) is 5.08. The van der Waals surface area contributed by atoms with Gasteiger partial charge in [0, 0.05) is 38.1 Å². The van der Waals surface area contributed by atoms with E-state index in [1.165, 1.54) is 0 Å². The zero-order chi connectivity index (χ0) is 21.5. The molecule has 0 spiro atoms. The lowest BCUT2D eigenvalue weighted by Gasteiger charge is -2.36. The summed E-state index contributed by atoms with van der Waals surface area (Å²) in [5.41, 5.74) is 2.59. The van der Waals surface area contributed by atoms with Gasteiger partial charge >= 0.3 is 0 Å². The SMILES string of the molecule is N#Cc1cccnc1N1CCN(CC(=O)N(Cc2ccccc2)c2ccccc2)CC1. The molecule has 2 heterocycles. The minimum atomic E-state index is 0.0825. The van der Waals surface area contributed by atoms with Crippen LogP contribution in [0.4, 0.5) is 11.5 Å². The Bertz CT molecular complexity index is 1040. The monoisotopic (exact) mass is 411 g/mol. The van der Waals surface area contributed by atoms with Crippen LogP contribution in [0.15, 0.2) is 79.0 Å². The van der Waals surface area contributed by atoms with Gasteiger partial charge in [0.05, 0.1) is 18.7 Å². The number of nitriles is 1. The van der Waals surface area contributed by atoms with E-state index in [2.05, 4.69) is 20.9 Å². The quantitative estimate of drug-likeness (QED) is 0.623. The van der Waals surface area contributed by atoms with E-state index in [1.54, 1.807) is 18.3 Å². The van der Waals surface area contributed by atoms with Gasteiger partial charge in [0.2, 0.25) is 5.91 Å². The summed E-state index contributed by atoms with van der Waals surface area (Å²) in [6.07, 6.45) is 1.72. The van der Waals surface area contributed by atoms with Gasteiger partial charge in [-0.15, -0.1) is 0 Å². The molecule has 6 heteroatoms. The Kier molecular flexibility index (Phi) is 6.56. The molecule has 1 aliphatic rings. The molecule has 4 rings (SSSR count). The van der Waals surface area contributed by atoms with Crippen molar-refractivity contribution in [2.45, 2.75) is 6.54 Å². The first-order valence-corrected chi connectivity index (χ1v) is 10.5. The number of hydrogen-bond donors (Lipinski definition) is 0. The fraction of sp³-hybridized carbons (Fsp3) is 0.240. The Labute approximate surface area is 183 Å². The van der Waals surface area contributed by atoms with E-state index in [9.17, 15) is 10.1 Å². The molecule has 1 amide bonds. The normalized spacial score (nSPS) is 14.1. The lowest BCUT2D eigenvalue weighted by Crippen LogP contribution is -2.50. The van der Waals surface area contributed by atoms with Crippen molar-refractivity contribution in [2.24, 2.45) is 0 Å². The number of amides is 1. The molecule has 3 aromatic rings. The van der Waals surface area contributed by atoms with E-state index in [-0.39, 0.29) is 5.91 Å². The van der Waals surface area contributed by atoms with Gasteiger partial charge < -0.3 is 9.80 Å². The summed E-state index contributed by atoms with van der Waals surface area (Å²) >= 11 is 0. The topological polar surface area (TPSA) is 63.5 Å². The average Bonchev–Trinajstić information content (AvgIpc) is 2.84. The number of piperazine rings is 1. The van der Waals surface area contributed by atoms with E-state index in [4.69, 9.17) is 0 Å². The molecule has 1 fully saturated rings. The van der Waals surface area contributed by atoms with Gasteiger partial charge in [-0.05, 0) is 29.8 Å². The molecular weight excluding hydrogens is 386 g/mol. The molecule has 31 heavy (non-hydrogen) atoms. The molecular formula is C25H25N5O. The largest absolute Gasteiger partial charge is 0.353 e. The Balaban J connectivity index is 1.42. The Morgan fingerprint density at radius 1 is 0.935 bits per heavy atom. The van der Waals surface area contributed by atoms with Crippen molar-refractivity contribution in [3.05, 3.63) is 90.1 Å². The van der Waals surface area contributed by atoms with Gasteiger partial charge in [0.1, 0.15) is 11.9 Å². The molecule has 0 aliphatic carbocycles. The number of rotatable bonds is 6. The van der Waals surface area contributed by atoms with Gasteiger partial charge in [-0.25, -0.2) is 4.98 Å². The Hall–Kier alpha value is -3.69. The van der Waals surface area contributed by atoms with Crippen molar-refractivity contribution in [3.8, 4) is 6.07 Å². The van der Waals surface area contributed by atoms with Gasteiger partial charge in [-0.1, -0.05) is 48.5 Å². The minimum Gasteiger partial charge on any atom is -0.353 e. The summed E-state index contributed by atoms with van der Waals surface area (Å²) in [5.74, 6) is 0.810. The van der Waals surface area contributed by atoms with Crippen molar-refractivity contribution in [2.75, 3.05) is 42.5 Å². The third-order valence-electron chi connectivity index (χ3n) is 5.49. The molecule has 1 aliphatic heterocycles. The van der Waals surface area contributed by atoms with Crippen LogP contribution >= 0.6 is 0 Å². The molecule has 0 bridgehead atoms. The predicted molar refractivity (Wildman–Crippen MR) is 122 cm³/mol. The molecule has 0 N–H and O–H groups in total. The first-order valence-electron chi connectivity index (χ1n) is 10.5. The van der Waals surface area contributed by atoms with E-state index in [0.29, 0.717) is 18.7 Å². The van der Waals surface area contributed by atoms with Crippen molar-refractivity contribution >= 4 is 17.4 Å². The Morgan fingerprint density at radius 3 is 2.29 bits per heavy atom. The van der Waals surface area contributed by atoms with E-state index in [1.807, 2.05) is 65.6 Å². The zero-order valence-electron chi connectivity index (χ0n) is 17.4. The van der Waals surface area contributed by atoms with Crippen LogP contribution in [0.5, 0.6) is 0 Å². The predicted octanol–water partition coefficient (Wildman–Crippen LogP) is 3.31. The third-order valence-corrected chi connectivity index (χ3v) is 5.49. The summed E-state index contributed by atoms with van der Waals surface area (Å²) in [4.78, 5) is 23.8. The Morgan fingerprint density at radius 2 is 1.61 bits per heavy atom. The summed E-state index contributed by atoms with van der Waals surface area (Å²) in [6.45, 7) is 3.89. The van der Waals surface area contributed by atoms with Crippen LogP contribution in [-0.4, -0.2) is 48.5 Å². The number of carbonyl (C=O) groups is 1. The number of carbonyl (C=O) groups excluding carboxylic acids is 1. The van der Waals surface area contributed by atoms with Crippen molar-refractivity contribution in [1.82, 2.24) is 9.88 Å².